The van der Waals surface area contributed by atoms with Crippen molar-refractivity contribution in [3.63, 3.8) is 0 Å². The summed E-state index contributed by atoms with van der Waals surface area (Å²) in [5, 5.41) is 8.60. The monoisotopic (exact) mass is 157 g/mol. The average molecular weight is 157 g/mol. The van der Waals surface area contributed by atoms with Crippen LogP contribution in [0.15, 0.2) is 0 Å². The Bertz CT molecular complexity index is 150. The molecule has 0 aliphatic heterocycles. The Morgan fingerprint density at radius 2 is 2.40 bits per heavy atom. The number of rotatable bonds is 3. The number of hydrogen-bond acceptors (Lipinski definition) is 3. The summed E-state index contributed by atoms with van der Waals surface area (Å²) < 4.78 is 5.15. The molecule has 0 aliphatic rings. The van der Waals surface area contributed by atoms with Gasteiger partial charge in [0.05, 0.1) is 12.2 Å². The lowest BCUT2D eigenvalue weighted by Crippen LogP contribution is -2.11. The Morgan fingerprint density at radius 1 is 1.80 bits per heavy atom. The lowest BCUT2D eigenvalue weighted by molar-refractivity contribution is 0.206. The van der Waals surface area contributed by atoms with Crippen LogP contribution in [0, 0.1) is 11.3 Å². The molecular weight excluding hydrogens is 146 g/mol. The van der Waals surface area contributed by atoms with Gasteiger partial charge in [0, 0.05) is 0 Å². The third-order valence-electron chi connectivity index (χ3n) is 1.13. The molecule has 10 heavy (non-hydrogen) atoms. The van der Waals surface area contributed by atoms with Gasteiger partial charge in [-0.2, -0.15) is 5.26 Å². The minimum Gasteiger partial charge on any atom is -0.483 e. The maximum Gasteiger partial charge on any atom is 0.174 e. The van der Waals surface area contributed by atoms with Gasteiger partial charge in [0.1, 0.15) is 6.42 Å². The van der Waals surface area contributed by atoms with E-state index in [0.717, 1.165) is 6.42 Å². The molecule has 56 valence electrons. The van der Waals surface area contributed by atoms with Gasteiger partial charge < -0.3 is 4.74 Å². The van der Waals surface area contributed by atoms with Crippen LogP contribution in [-0.4, -0.2) is 11.2 Å². The molecular formula is C7H11NOS. The van der Waals surface area contributed by atoms with E-state index in [2.05, 4.69) is 0 Å². The van der Waals surface area contributed by atoms with Gasteiger partial charge in [-0.15, -0.1) is 0 Å². The van der Waals surface area contributed by atoms with Crippen LogP contribution in [0.4, 0.5) is 0 Å². The van der Waals surface area contributed by atoms with Crippen molar-refractivity contribution < 1.29 is 4.74 Å². The van der Waals surface area contributed by atoms with Crippen molar-refractivity contribution >= 4 is 17.3 Å². The van der Waals surface area contributed by atoms with Crippen LogP contribution in [0.2, 0.25) is 0 Å². The molecule has 2 nitrogen and oxygen atoms in total. The van der Waals surface area contributed by atoms with Crippen LogP contribution in [0.25, 0.3) is 0 Å². The van der Waals surface area contributed by atoms with Crippen molar-refractivity contribution in [1.82, 2.24) is 0 Å². The van der Waals surface area contributed by atoms with E-state index in [4.69, 9.17) is 22.2 Å². The Kier molecular flexibility index (Phi) is 4.87. The molecule has 0 aromatic heterocycles. The second kappa shape index (κ2) is 5.19. The molecule has 0 heterocycles. The minimum atomic E-state index is 0.140. The Hall–Kier alpha value is -0.620. The molecule has 0 radical (unpaired) electrons. The quantitative estimate of drug-likeness (QED) is 0.588. The summed E-state index contributed by atoms with van der Waals surface area (Å²) in [4.78, 5) is 0. The van der Waals surface area contributed by atoms with Gasteiger partial charge in [0.25, 0.3) is 0 Å². The summed E-state index contributed by atoms with van der Waals surface area (Å²) in [6.07, 6.45) is 1.28. The van der Waals surface area contributed by atoms with E-state index in [1.54, 1.807) is 0 Å². The standard InChI is InChI=1S/C7H11NOS/c1-3-6(2)9-7(10)4-5-8/h6H,3-4H2,1-2H3. The third-order valence-corrected chi connectivity index (χ3v) is 1.37. The zero-order chi connectivity index (χ0) is 7.98. The molecule has 1 unspecified atom stereocenters. The smallest absolute Gasteiger partial charge is 0.174 e. The molecule has 0 bridgehead atoms. The second-order valence-corrected chi connectivity index (χ2v) is 2.50. The molecule has 3 heteroatoms. The molecule has 0 saturated carbocycles. The summed E-state index contributed by atoms with van der Waals surface area (Å²) in [5.41, 5.74) is 0. The highest BCUT2D eigenvalue weighted by atomic mass is 32.1. The number of nitriles is 1. The predicted octanol–water partition coefficient (Wildman–Crippen LogP) is 2.04. The van der Waals surface area contributed by atoms with Crippen LogP contribution in [0.5, 0.6) is 0 Å². The fourth-order valence-electron chi connectivity index (χ4n) is 0.414. The first-order valence-corrected chi connectivity index (χ1v) is 3.68. The first-order valence-electron chi connectivity index (χ1n) is 3.27. The molecule has 1 atom stereocenters. The predicted molar refractivity (Wildman–Crippen MR) is 43.7 cm³/mol. The first kappa shape index (κ1) is 9.38. The van der Waals surface area contributed by atoms with E-state index in [1.807, 2.05) is 19.9 Å². The van der Waals surface area contributed by atoms with Gasteiger partial charge >= 0.3 is 0 Å². The van der Waals surface area contributed by atoms with Crippen molar-refractivity contribution in [3.8, 4) is 6.07 Å². The molecule has 0 aromatic rings. The first-order chi connectivity index (χ1) is 4.70. The number of ether oxygens (including phenoxy) is 1. The van der Waals surface area contributed by atoms with Crippen LogP contribution >= 0.6 is 12.2 Å². The van der Waals surface area contributed by atoms with E-state index in [0.29, 0.717) is 5.05 Å². The molecule has 0 aliphatic carbocycles. The summed E-state index contributed by atoms with van der Waals surface area (Å²) in [5.74, 6) is 0. The minimum absolute atomic E-state index is 0.140. The van der Waals surface area contributed by atoms with E-state index < -0.39 is 0 Å². The van der Waals surface area contributed by atoms with Crippen LogP contribution < -0.4 is 0 Å². The summed E-state index contributed by atoms with van der Waals surface area (Å²) in [6, 6.07) is 1.93. The van der Waals surface area contributed by atoms with Crippen molar-refractivity contribution in [2.45, 2.75) is 32.8 Å². The SMILES string of the molecule is CCC(C)OC(=S)CC#N. The zero-order valence-electron chi connectivity index (χ0n) is 6.26. The van der Waals surface area contributed by atoms with Crippen LogP contribution in [0.1, 0.15) is 26.7 Å². The molecule has 0 fully saturated rings. The Morgan fingerprint density at radius 3 is 2.80 bits per heavy atom. The lowest BCUT2D eigenvalue weighted by Gasteiger charge is -2.10. The number of hydrogen-bond donors (Lipinski definition) is 0. The van der Waals surface area contributed by atoms with Crippen molar-refractivity contribution in [1.29, 1.82) is 5.26 Å². The van der Waals surface area contributed by atoms with Crippen LogP contribution in [0.3, 0.4) is 0 Å². The largest absolute Gasteiger partial charge is 0.483 e. The van der Waals surface area contributed by atoms with E-state index in [-0.39, 0.29) is 12.5 Å². The average Bonchev–Trinajstić information content (AvgIpc) is 1.88. The van der Waals surface area contributed by atoms with E-state index >= 15 is 0 Å². The summed E-state index contributed by atoms with van der Waals surface area (Å²) in [6.45, 7) is 3.95. The van der Waals surface area contributed by atoms with Gasteiger partial charge in [0.2, 0.25) is 0 Å². The normalized spacial score (nSPS) is 11.7. The Labute approximate surface area is 66.8 Å². The fourth-order valence-corrected chi connectivity index (χ4v) is 0.643. The summed E-state index contributed by atoms with van der Waals surface area (Å²) >= 11 is 4.75. The zero-order valence-corrected chi connectivity index (χ0v) is 7.07. The molecule has 0 aromatic carbocycles. The van der Waals surface area contributed by atoms with Gasteiger partial charge in [-0.3, -0.25) is 0 Å². The number of thiocarbonyl (C=S) groups is 1. The topological polar surface area (TPSA) is 33.0 Å². The van der Waals surface area contributed by atoms with Crippen LogP contribution in [-0.2, 0) is 4.74 Å². The Balaban J connectivity index is 3.49. The highest BCUT2D eigenvalue weighted by Gasteiger charge is 2.01. The van der Waals surface area contributed by atoms with Crippen molar-refractivity contribution in [2.75, 3.05) is 0 Å². The van der Waals surface area contributed by atoms with Gasteiger partial charge in [-0.25, -0.2) is 0 Å². The number of nitrogens with zero attached hydrogens (tertiary/aromatic N) is 1. The van der Waals surface area contributed by atoms with Gasteiger partial charge in [-0.05, 0) is 25.6 Å². The highest BCUT2D eigenvalue weighted by molar-refractivity contribution is 7.80. The maximum atomic E-state index is 8.20. The molecule has 0 amide bonds. The van der Waals surface area contributed by atoms with Crippen molar-refractivity contribution in [3.05, 3.63) is 0 Å². The summed E-state index contributed by atoms with van der Waals surface area (Å²) in [7, 11) is 0. The lowest BCUT2D eigenvalue weighted by atomic mass is 10.3. The molecule has 0 saturated heterocycles. The molecule has 0 N–H and O–H groups in total. The molecule has 0 spiro atoms. The van der Waals surface area contributed by atoms with E-state index in [1.165, 1.54) is 0 Å². The van der Waals surface area contributed by atoms with Gasteiger partial charge in [-0.1, -0.05) is 6.92 Å². The van der Waals surface area contributed by atoms with E-state index in [9.17, 15) is 0 Å². The maximum absolute atomic E-state index is 8.20. The fraction of sp³-hybridized carbons (Fsp3) is 0.714. The highest BCUT2D eigenvalue weighted by Crippen LogP contribution is 1.99. The van der Waals surface area contributed by atoms with Gasteiger partial charge in [0.15, 0.2) is 5.05 Å². The third kappa shape index (κ3) is 4.28. The molecule has 0 rings (SSSR count). The van der Waals surface area contributed by atoms with Crippen molar-refractivity contribution in [2.24, 2.45) is 0 Å². The second-order valence-electron chi connectivity index (χ2n) is 2.04.